The maximum Gasteiger partial charge on any atom is 0.417 e. The van der Waals surface area contributed by atoms with Crippen molar-refractivity contribution in [3.8, 4) is 11.3 Å². The van der Waals surface area contributed by atoms with Crippen molar-refractivity contribution in [3.05, 3.63) is 83.6 Å². The van der Waals surface area contributed by atoms with Gasteiger partial charge in [-0.2, -0.15) is 13.2 Å². The molecule has 3 rings (SSSR count). The standard InChI is InChI=1S/C19H14F3NO2/c20-19(21,22)15-9-5-4-8-14(15)16-10-11-17(25-16)18(24)23-12-13-6-2-1-3-7-13/h1-11H,12H2,(H,23,24). The normalized spacial score (nSPS) is 11.3. The molecular formula is C19H14F3NO2. The van der Waals surface area contributed by atoms with Gasteiger partial charge in [0.15, 0.2) is 5.76 Å². The molecule has 1 heterocycles. The summed E-state index contributed by atoms with van der Waals surface area (Å²) in [5, 5.41) is 2.67. The predicted molar refractivity (Wildman–Crippen MR) is 86.8 cm³/mol. The van der Waals surface area contributed by atoms with Crippen LogP contribution >= 0.6 is 0 Å². The maximum atomic E-state index is 13.1. The molecule has 6 heteroatoms. The van der Waals surface area contributed by atoms with Gasteiger partial charge < -0.3 is 9.73 Å². The van der Waals surface area contributed by atoms with Crippen LogP contribution in [0.3, 0.4) is 0 Å². The molecule has 3 nitrogen and oxygen atoms in total. The molecule has 0 bridgehead atoms. The first-order chi connectivity index (χ1) is 11.9. The Labute approximate surface area is 142 Å². The maximum absolute atomic E-state index is 13.1. The summed E-state index contributed by atoms with van der Waals surface area (Å²) in [6, 6.07) is 17.1. The number of carbonyl (C=O) groups excluding carboxylic acids is 1. The second-order valence-corrected chi connectivity index (χ2v) is 5.38. The lowest BCUT2D eigenvalue weighted by Gasteiger charge is -2.10. The van der Waals surface area contributed by atoms with E-state index in [2.05, 4.69) is 5.32 Å². The van der Waals surface area contributed by atoms with Gasteiger partial charge in [-0.25, -0.2) is 0 Å². The third-order valence-electron chi connectivity index (χ3n) is 3.62. The molecule has 3 aromatic rings. The highest BCUT2D eigenvalue weighted by Gasteiger charge is 2.34. The Morgan fingerprint density at radius 2 is 1.60 bits per heavy atom. The van der Waals surface area contributed by atoms with Gasteiger partial charge in [-0.3, -0.25) is 4.79 Å². The van der Waals surface area contributed by atoms with Crippen LogP contribution < -0.4 is 5.32 Å². The fraction of sp³-hybridized carbons (Fsp3) is 0.105. The van der Waals surface area contributed by atoms with E-state index in [4.69, 9.17) is 4.42 Å². The van der Waals surface area contributed by atoms with Crippen molar-refractivity contribution in [2.45, 2.75) is 12.7 Å². The van der Waals surface area contributed by atoms with Crippen molar-refractivity contribution in [2.24, 2.45) is 0 Å². The molecule has 2 aromatic carbocycles. The Morgan fingerprint density at radius 1 is 0.920 bits per heavy atom. The van der Waals surface area contributed by atoms with E-state index >= 15 is 0 Å². The number of amides is 1. The topological polar surface area (TPSA) is 42.2 Å². The molecule has 25 heavy (non-hydrogen) atoms. The summed E-state index contributed by atoms with van der Waals surface area (Å²) < 4.78 is 44.6. The molecule has 0 saturated heterocycles. The minimum atomic E-state index is -4.50. The highest BCUT2D eigenvalue weighted by Crippen LogP contribution is 2.37. The third-order valence-corrected chi connectivity index (χ3v) is 3.62. The van der Waals surface area contributed by atoms with E-state index in [9.17, 15) is 18.0 Å². The summed E-state index contributed by atoms with van der Waals surface area (Å²) in [6.07, 6.45) is -4.50. The number of carbonyl (C=O) groups is 1. The van der Waals surface area contributed by atoms with Crippen LogP contribution in [0.5, 0.6) is 0 Å². The average molecular weight is 345 g/mol. The molecular weight excluding hydrogens is 331 g/mol. The SMILES string of the molecule is O=C(NCc1ccccc1)c1ccc(-c2ccccc2C(F)(F)F)o1. The Morgan fingerprint density at radius 3 is 2.32 bits per heavy atom. The second-order valence-electron chi connectivity index (χ2n) is 5.38. The number of hydrogen-bond acceptors (Lipinski definition) is 2. The number of rotatable bonds is 4. The number of halogens is 3. The van der Waals surface area contributed by atoms with Gasteiger partial charge in [0.05, 0.1) is 5.56 Å². The van der Waals surface area contributed by atoms with Crippen molar-refractivity contribution in [3.63, 3.8) is 0 Å². The van der Waals surface area contributed by atoms with E-state index < -0.39 is 17.6 Å². The van der Waals surface area contributed by atoms with E-state index in [-0.39, 0.29) is 17.1 Å². The average Bonchev–Trinajstić information content (AvgIpc) is 3.10. The molecule has 0 radical (unpaired) electrons. The van der Waals surface area contributed by atoms with Crippen LogP contribution in [-0.4, -0.2) is 5.91 Å². The zero-order chi connectivity index (χ0) is 17.9. The summed E-state index contributed by atoms with van der Waals surface area (Å²) in [7, 11) is 0. The molecule has 0 spiro atoms. The molecule has 1 N–H and O–H groups in total. The monoisotopic (exact) mass is 345 g/mol. The van der Waals surface area contributed by atoms with Crippen LogP contribution in [0.1, 0.15) is 21.7 Å². The Kier molecular flexibility index (Phi) is 4.61. The minimum Gasteiger partial charge on any atom is -0.451 e. The Balaban J connectivity index is 1.78. The fourth-order valence-electron chi connectivity index (χ4n) is 2.42. The predicted octanol–water partition coefficient (Wildman–Crippen LogP) is 4.90. The van der Waals surface area contributed by atoms with Gasteiger partial charge >= 0.3 is 6.18 Å². The highest BCUT2D eigenvalue weighted by atomic mass is 19.4. The van der Waals surface area contributed by atoms with Crippen LogP contribution in [0, 0.1) is 0 Å². The van der Waals surface area contributed by atoms with Gasteiger partial charge in [-0.05, 0) is 23.8 Å². The lowest BCUT2D eigenvalue weighted by Crippen LogP contribution is -2.22. The highest BCUT2D eigenvalue weighted by molar-refractivity contribution is 5.92. The van der Waals surface area contributed by atoms with Crippen LogP contribution in [0.25, 0.3) is 11.3 Å². The Hall–Kier alpha value is -3.02. The van der Waals surface area contributed by atoms with Crippen LogP contribution in [-0.2, 0) is 12.7 Å². The fourth-order valence-corrected chi connectivity index (χ4v) is 2.42. The molecule has 0 aliphatic rings. The summed E-state index contributed by atoms with van der Waals surface area (Å²) in [4.78, 5) is 12.1. The first-order valence-electron chi connectivity index (χ1n) is 7.54. The molecule has 0 aliphatic carbocycles. The largest absolute Gasteiger partial charge is 0.451 e. The van der Waals surface area contributed by atoms with Crippen molar-refractivity contribution in [2.75, 3.05) is 0 Å². The molecule has 1 amide bonds. The molecule has 0 unspecified atom stereocenters. The second kappa shape index (κ2) is 6.84. The lowest BCUT2D eigenvalue weighted by atomic mass is 10.1. The van der Waals surface area contributed by atoms with E-state index in [0.29, 0.717) is 6.54 Å². The van der Waals surface area contributed by atoms with Gasteiger partial charge in [0, 0.05) is 12.1 Å². The number of alkyl halides is 3. The van der Waals surface area contributed by atoms with Crippen LogP contribution in [0.2, 0.25) is 0 Å². The van der Waals surface area contributed by atoms with Gasteiger partial charge in [0.1, 0.15) is 5.76 Å². The van der Waals surface area contributed by atoms with Crippen molar-refractivity contribution in [1.29, 1.82) is 0 Å². The number of furan rings is 1. The first kappa shape index (κ1) is 16.8. The first-order valence-corrected chi connectivity index (χ1v) is 7.54. The van der Waals surface area contributed by atoms with Crippen LogP contribution in [0.15, 0.2) is 71.1 Å². The van der Waals surface area contributed by atoms with E-state index in [1.54, 1.807) is 0 Å². The zero-order valence-electron chi connectivity index (χ0n) is 13.0. The van der Waals surface area contributed by atoms with Crippen molar-refractivity contribution < 1.29 is 22.4 Å². The molecule has 0 fully saturated rings. The van der Waals surface area contributed by atoms with Gasteiger partial charge in [-0.1, -0.05) is 48.5 Å². The zero-order valence-corrected chi connectivity index (χ0v) is 13.0. The molecule has 0 atom stereocenters. The number of nitrogens with one attached hydrogen (secondary N) is 1. The number of hydrogen-bond donors (Lipinski definition) is 1. The third kappa shape index (κ3) is 3.91. The van der Waals surface area contributed by atoms with Crippen LogP contribution in [0.4, 0.5) is 13.2 Å². The van der Waals surface area contributed by atoms with Crippen molar-refractivity contribution >= 4 is 5.91 Å². The van der Waals surface area contributed by atoms with E-state index in [1.807, 2.05) is 30.3 Å². The summed E-state index contributed by atoms with van der Waals surface area (Å²) in [6.45, 7) is 0.300. The van der Waals surface area contributed by atoms with Gasteiger partial charge in [-0.15, -0.1) is 0 Å². The lowest BCUT2D eigenvalue weighted by molar-refractivity contribution is -0.137. The summed E-state index contributed by atoms with van der Waals surface area (Å²) in [5.41, 5.74) is 0.00255. The van der Waals surface area contributed by atoms with Gasteiger partial charge in [0.25, 0.3) is 5.91 Å². The van der Waals surface area contributed by atoms with Gasteiger partial charge in [0.2, 0.25) is 0 Å². The summed E-state index contributed by atoms with van der Waals surface area (Å²) >= 11 is 0. The molecule has 0 saturated carbocycles. The Bertz CT molecular complexity index is 870. The minimum absolute atomic E-state index is 0.00205. The van der Waals surface area contributed by atoms with E-state index in [1.165, 1.54) is 30.3 Å². The number of benzene rings is 2. The molecule has 0 aliphatic heterocycles. The smallest absolute Gasteiger partial charge is 0.417 e. The molecule has 128 valence electrons. The summed E-state index contributed by atoms with van der Waals surface area (Å²) in [5.74, 6) is -0.528. The quantitative estimate of drug-likeness (QED) is 0.731. The van der Waals surface area contributed by atoms with Crippen molar-refractivity contribution in [1.82, 2.24) is 5.32 Å². The van der Waals surface area contributed by atoms with E-state index in [0.717, 1.165) is 11.6 Å². The molecule has 1 aromatic heterocycles.